The van der Waals surface area contributed by atoms with E-state index in [0.29, 0.717) is 23.6 Å². The Bertz CT molecular complexity index is 1230. The second-order valence-corrected chi connectivity index (χ2v) is 10.00. The lowest BCUT2D eigenvalue weighted by Crippen LogP contribution is -2.43. The molecule has 1 aliphatic rings. The number of benzene rings is 3. The molecule has 0 unspecified atom stereocenters. The van der Waals surface area contributed by atoms with E-state index in [4.69, 9.17) is 21.1 Å². The maximum atomic E-state index is 13.5. The molecule has 0 atom stereocenters. The zero-order valence-corrected chi connectivity index (χ0v) is 22.1. The van der Waals surface area contributed by atoms with Gasteiger partial charge < -0.3 is 14.8 Å². The fourth-order valence-electron chi connectivity index (χ4n) is 4.35. The summed E-state index contributed by atoms with van der Waals surface area (Å²) in [4.78, 5) is 26.1. The van der Waals surface area contributed by atoms with Gasteiger partial charge in [0.05, 0.1) is 16.1 Å². The number of hydrogen-bond donors (Lipinski definition) is 1. The first kappa shape index (κ1) is 25.3. The Labute approximate surface area is 223 Å². The van der Waals surface area contributed by atoms with Crippen molar-refractivity contribution in [3.05, 3.63) is 98.2 Å². The summed E-state index contributed by atoms with van der Waals surface area (Å²) in [6.07, 6.45) is 4.91. The molecule has 1 N–H and O–H groups in total. The Morgan fingerprint density at radius 2 is 1.63 bits per heavy atom. The number of nitrogens with one attached hydrogen (secondary N) is 1. The van der Waals surface area contributed by atoms with Gasteiger partial charge in [0, 0.05) is 5.02 Å². The number of ether oxygens (including phenoxy) is 2. The summed E-state index contributed by atoms with van der Waals surface area (Å²) < 4.78 is 11.9. The molecule has 0 bridgehead atoms. The highest BCUT2D eigenvalue weighted by Crippen LogP contribution is 2.42. The van der Waals surface area contributed by atoms with Crippen LogP contribution in [0.5, 0.6) is 11.5 Å². The SMILES string of the molecule is COC(=O)C(=Cc1ccc(Oc2ccccc2I)cc1)NC(=O)C1(c2ccc(Cl)cc2)CCCC1. The number of hydrogen-bond acceptors (Lipinski definition) is 4. The molecular weight excluding hydrogens is 577 g/mol. The number of amides is 1. The predicted octanol–water partition coefficient (Wildman–Crippen LogP) is 6.88. The highest BCUT2D eigenvalue weighted by molar-refractivity contribution is 14.1. The van der Waals surface area contributed by atoms with Gasteiger partial charge in [-0.1, -0.05) is 60.8 Å². The van der Waals surface area contributed by atoms with Gasteiger partial charge in [-0.3, -0.25) is 4.79 Å². The number of esters is 1. The number of rotatable bonds is 7. The minimum Gasteiger partial charge on any atom is -0.464 e. The van der Waals surface area contributed by atoms with Gasteiger partial charge >= 0.3 is 5.97 Å². The van der Waals surface area contributed by atoms with E-state index in [1.54, 1.807) is 18.2 Å². The van der Waals surface area contributed by atoms with Crippen molar-refractivity contribution in [2.45, 2.75) is 31.1 Å². The summed E-state index contributed by atoms with van der Waals surface area (Å²) in [5.41, 5.74) is 1.01. The Hall–Kier alpha value is -2.84. The minimum absolute atomic E-state index is 0.0871. The molecule has 1 fully saturated rings. The van der Waals surface area contributed by atoms with Crippen molar-refractivity contribution in [2.24, 2.45) is 0 Å². The number of carbonyl (C=O) groups excluding carboxylic acids is 2. The van der Waals surface area contributed by atoms with E-state index in [0.717, 1.165) is 33.3 Å². The number of carbonyl (C=O) groups is 2. The molecule has 35 heavy (non-hydrogen) atoms. The Balaban J connectivity index is 1.56. The van der Waals surface area contributed by atoms with Crippen LogP contribution >= 0.6 is 34.2 Å². The van der Waals surface area contributed by atoms with Gasteiger partial charge in [0.2, 0.25) is 5.91 Å². The van der Waals surface area contributed by atoms with Gasteiger partial charge in [-0.2, -0.15) is 0 Å². The van der Waals surface area contributed by atoms with E-state index in [9.17, 15) is 9.59 Å². The first-order valence-corrected chi connectivity index (χ1v) is 12.8. The molecule has 3 aromatic carbocycles. The third kappa shape index (κ3) is 5.87. The smallest absolute Gasteiger partial charge is 0.354 e. The van der Waals surface area contributed by atoms with Crippen LogP contribution in [0.25, 0.3) is 6.08 Å². The maximum Gasteiger partial charge on any atom is 0.354 e. The maximum absolute atomic E-state index is 13.5. The van der Waals surface area contributed by atoms with Crippen LogP contribution < -0.4 is 10.1 Å². The molecule has 1 amide bonds. The van der Waals surface area contributed by atoms with E-state index >= 15 is 0 Å². The fourth-order valence-corrected chi connectivity index (χ4v) is 4.97. The molecule has 0 aliphatic heterocycles. The van der Waals surface area contributed by atoms with Crippen LogP contribution in [0.15, 0.2) is 78.5 Å². The standard InChI is InChI=1S/C28H25ClINO4/c1-34-26(32)24(18-19-8-14-22(15-9-19)35-25-7-3-2-6-23(25)30)31-27(33)28(16-4-5-17-28)20-10-12-21(29)13-11-20/h2-3,6-15,18H,4-5,16-17H2,1H3,(H,31,33). The highest BCUT2D eigenvalue weighted by atomic mass is 127. The van der Waals surface area contributed by atoms with E-state index in [1.807, 2.05) is 60.7 Å². The summed E-state index contributed by atoms with van der Waals surface area (Å²) in [7, 11) is 1.30. The predicted molar refractivity (Wildman–Crippen MR) is 145 cm³/mol. The topological polar surface area (TPSA) is 64.6 Å². The van der Waals surface area contributed by atoms with Crippen LogP contribution in [0.4, 0.5) is 0 Å². The molecule has 1 aliphatic carbocycles. The number of halogens is 2. The largest absolute Gasteiger partial charge is 0.464 e. The van der Waals surface area contributed by atoms with Gasteiger partial charge in [0.25, 0.3) is 0 Å². The average molecular weight is 602 g/mol. The Morgan fingerprint density at radius 1 is 0.971 bits per heavy atom. The van der Waals surface area contributed by atoms with Crippen LogP contribution in [0.2, 0.25) is 5.02 Å². The van der Waals surface area contributed by atoms with Crippen molar-refractivity contribution < 1.29 is 19.1 Å². The average Bonchev–Trinajstić information content (AvgIpc) is 3.37. The van der Waals surface area contributed by atoms with Crippen molar-refractivity contribution in [3.8, 4) is 11.5 Å². The molecule has 1 saturated carbocycles. The van der Waals surface area contributed by atoms with E-state index < -0.39 is 11.4 Å². The van der Waals surface area contributed by atoms with E-state index in [1.165, 1.54) is 7.11 Å². The quantitative estimate of drug-likeness (QED) is 0.182. The molecule has 3 aromatic rings. The monoisotopic (exact) mass is 601 g/mol. The summed E-state index contributed by atoms with van der Waals surface area (Å²) in [5, 5.41) is 3.47. The zero-order valence-electron chi connectivity index (χ0n) is 19.2. The number of para-hydroxylation sites is 1. The summed E-state index contributed by atoms with van der Waals surface area (Å²) >= 11 is 8.28. The molecule has 5 nitrogen and oxygen atoms in total. The Morgan fingerprint density at radius 3 is 2.26 bits per heavy atom. The molecule has 0 radical (unpaired) electrons. The molecule has 0 aromatic heterocycles. The fraction of sp³-hybridized carbons (Fsp3) is 0.214. The zero-order chi connectivity index (χ0) is 24.8. The lowest BCUT2D eigenvalue weighted by atomic mass is 9.78. The van der Waals surface area contributed by atoms with Gasteiger partial charge in [-0.05, 0) is 89.0 Å². The highest BCUT2D eigenvalue weighted by Gasteiger charge is 2.43. The second-order valence-electron chi connectivity index (χ2n) is 8.40. The third-order valence-electron chi connectivity index (χ3n) is 6.20. The molecule has 180 valence electrons. The van der Waals surface area contributed by atoms with Crippen molar-refractivity contribution in [1.82, 2.24) is 5.32 Å². The van der Waals surface area contributed by atoms with Crippen LogP contribution in [-0.4, -0.2) is 19.0 Å². The van der Waals surface area contributed by atoms with Gasteiger partial charge in [-0.15, -0.1) is 0 Å². The first-order valence-electron chi connectivity index (χ1n) is 11.3. The molecule has 0 saturated heterocycles. The van der Waals surface area contributed by atoms with Crippen LogP contribution in [0.1, 0.15) is 36.8 Å². The second kappa shape index (κ2) is 11.3. The van der Waals surface area contributed by atoms with Crippen molar-refractivity contribution in [3.63, 3.8) is 0 Å². The number of methoxy groups -OCH3 is 1. The van der Waals surface area contributed by atoms with Crippen molar-refractivity contribution in [2.75, 3.05) is 7.11 Å². The molecule has 7 heteroatoms. The summed E-state index contributed by atoms with van der Waals surface area (Å²) in [5.74, 6) is 0.611. The minimum atomic E-state index is -0.706. The Kier molecular flexibility index (Phi) is 8.13. The van der Waals surface area contributed by atoms with Crippen molar-refractivity contribution in [1.29, 1.82) is 0 Å². The van der Waals surface area contributed by atoms with E-state index in [-0.39, 0.29) is 11.6 Å². The van der Waals surface area contributed by atoms with Gasteiger partial charge in [0.1, 0.15) is 17.2 Å². The lowest BCUT2D eigenvalue weighted by molar-refractivity contribution is -0.138. The molecule has 0 heterocycles. The van der Waals surface area contributed by atoms with Gasteiger partial charge in [0.15, 0.2) is 0 Å². The molecular formula is C28H25ClINO4. The normalized spacial score (nSPS) is 14.9. The lowest BCUT2D eigenvalue weighted by Gasteiger charge is -2.28. The summed E-state index contributed by atoms with van der Waals surface area (Å²) in [6.45, 7) is 0. The van der Waals surface area contributed by atoms with Crippen molar-refractivity contribution >= 4 is 52.1 Å². The van der Waals surface area contributed by atoms with Gasteiger partial charge in [-0.25, -0.2) is 4.79 Å². The van der Waals surface area contributed by atoms with E-state index in [2.05, 4.69) is 27.9 Å². The molecule has 0 spiro atoms. The van der Waals surface area contributed by atoms with Crippen LogP contribution in [0.3, 0.4) is 0 Å². The van der Waals surface area contributed by atoms with Crippen LogP contribution in [0, 0.1) is 3.57 Å². The van der Waals surface area contributed by atoms with Crippen LogP contribution in [-0.2, 0) is 19.7 Å². The molecule has 4 rings (SSSR count). The summed E-state index contributed by atoms with van der Waals surface area (Å²) in [6, 6.07) is 22.4. The first-order chi connectivity index (χ1) is 16.9. The third-order valence-corrected chi connectivity index (χ3v) is 7.34.